The first-order chi connectivity index (χ1) is 9.92. The number of benzene rings is 1. The minimum atomic E-state index is -1.33. The molecule has 6 heteroatoms. The van der Waals surface area contributed by atoms with Crippen molar-refractivity contribution in [3.63, 3.8) is 0 Å². The Labute approximate surface area is 119 Å². The topological polar surface area (TPSA) is 83.1 Å². The molecule has 0 spiro atoms. The van der Waals surface area contributed by atoms with Gasteiger partial charge in [-0.2, -0.15) is 5.26 Å². The highest BCUT2D eigenvalue weighted by Crippen LogP contribution is 2.13. The van der Waals surface area contributed by atoms with Crippen molar-refractivity contribution < 1.29 is 14.3 Å². The molecule has 0 amide bonds. The number of hydrogen-bond acceptors (Lipinski definition) is 3. The highest BCUT2D eigenvalue weighted by Gasteiger charge is 2.12. The molecule has 0 atom stereocenters. The van der Waals surface area contributed by atoms with Crippen LogP contribution in [-0.4, -0.2) is 15.6 Å². The molecule has 5 nitrogen and oxygen atoms in total. The molecule has 21 heavy (non-hydrogen) atoms. The summed E-state index contributed by atoms with van der Waals surface area (Å²) < 4.78 is 14.8. The fourth-order valence-corrected chi connectivity index (χ4v) is 1.99. The summed E-state index contributed by atoms with van der Waals surface area (Å²) >= 11 is 0. The Morgan fingerprint density at radius 2 is 2.14 bits per heavy atom. The first-order valence-electron chi connectivity index (χ1n) is 6.05. The van der Waals surface area contributed by atoms with E-state index >= 15 is 0 Å². The molecular formula is C15H11FN2O3. The van der Waals surface area contributed by atoms with E-state index in [9.17, 15) is 14.0 Å². The Morgan fingerprint density at radius 1 is 1.43 bits per heavy atom. The Morgan fingerprint density at radius 3 is 2.76 bits per heavy atom. The number of nitrogens with zero attached hydrogens (tertiary/aromatic N) is 2. The average Bonchev–Trinajstić information content (AvgIpc) is 2.41. The predicted molar refractivity (Wildman–Crippen MR) is 72.6 cm³/mol. The van der Waals surface area contributed by atoms with E-state index in [0.29, 0.717) is 16.8 Å². The monoisotopic (exact) mass is 286 g/mol. The predicted octanol–water partition coefficient (Wildman–Crippen LogP) is 1.91. The summed E-state index contributed by atoms with van der Waals surface area (Å²) in [6.07, 6.45) is 1.20. The van der Waals surface area contributed by atoms with Gasteiger partial charge in [0.15, 0.2) is 5.43 Å². The molecule has 0 aliphatic heterocycles. The molecule has 1 aromatic heterocycles. The van der Waals surface area contributed by atoms with Gasteiger partial charge in [-0.25, -0.2) is 9.18 Å². The highest BCUT2D eigenvalue weighted by atomic mass is 19.1. The average molecular weight is 286 g/mol. The van der Waals surface area contributed by atoms with Crippen molar-refractivity contribution in [1.29, 1.82) is 5.26 Å². The van der Waals surface area contributed by atoms with Crippen molar-refractivity contribution in [3.05, 3.63) is 68.9 Å². The van der Waals surface area contributed by atoms with Gasteiger partial charge in [0.05, 0.1) is 11.6 Å². The van der Waals surface area contributed by atoms with Gasteiger partial charge in [0.25, 0.3) is 0 Å². The van der Waals surface area contributed by atoms with Crippen molar-refractivity contribution in [1.82, 2.24) is 4.57 Å². The number of halogens is 1. The van der Waals surface area contributed by atoms with E-state index < -0.39 is 17.2 Å². The van der Waals surface area contributed by atoms with Gasteiger partial charge in [0, 0.05) is 24.5 Å². The van der Waals surface area contributed by atoms with Crippen molar-refractivity contribution in [2.24, 2.45) is 0 Å². The number of rotatable bonds is 3. The van der Waals surface area contributed by atoms with Crippen LogP contribution in [0.2, 0.25) is 0 Å². The number of nitriles is 1. The Kier molecular flexibility index (Phi) is 3.85. The van der Waals surface area contributed by atoms with Gasteiger partial charge in [-0.05, 0) is 30.7 Å². The third-order valence-corrected chi connectivity index (χ3v) is 3.10. The smallest absolute Gasteiger partial charge is 0.341 e. The third-order valence-electron chi connectivity index (χ3n) is 3.10. The Bertz CT molecular complexity index is 819. The van der Waals surface area contributed by atoms with Gasteiger partial charge in [0.1, 0.15) is 11.4 Å². The normalized spacial score (nSPS) is 10.1. The lowest BCUT2D eigenvalue weighted by Crippen LogP contribution is -2.19. The van der Waals surface area contributed by atoms with Gasteiger partial charge >= 0.3 is 5.97 Å². The van der Waals surface area contributed by atoms with E-state index in [1.54, 1.807) is 6.92 Å². The summed E-state index contributed by atoms with van der Waals surface area (Å²) in [5.41, 5.74) is 0.289. The van der Waals surface area contributed by atoms with Crippen LogP contribution in [0.3, 0.4) is 0 Å². The summed E-state index contributed by atoms with van der Waals surface area (Å²) in [5.74, 6) is -1.81. The van der Waals surface area contributed by atoms with E-state index in [0.717, 1.165) is 0 Å². The molecule has 1 aromatic carbocycles. The number of hydrogen-bond donors (Lipinski definition) is 1. The molecule has 0 saturated carbocycles. The minimum absolute atomic E-state index is 0.104. The third kappa shape index (κ3) is 2.98. The molecule has 2 rings (SSSR count). The quantitative estimate of drug-likeness (QED) is 0.934. The van der Waals surface area contributed by atoms with Crippen LogP contribution in [0.15, 0.2) is 35.3 Å². The maximum Gasteiger partial charge on any atom is 0.341 e. The van der Waals surface area contributed by atoms with Crippen LogP contribution < -0.4 is 5.43 Å². The van der Waals surface area contributed by atoms with E-state index in [1.807, 2.05) is 6.07 Å². The van der Waals surface area contributed by atoms with Gasteiger partial charge in [-0.3, -0.25) is 4.79 Å². The summed E-state index contributed by atoms with van der Waals surface area (Å²) in [6.45, 7) is 1.74. The molecule has 0 radical (unpaired) electrons. The van der Waals surface area contributed by atoms with Gasteiger partial charge in [-0.1, -0.05) is 0 Å². The first kappa shape index (κ1) is 14.5. The highest BCUT2D eigenvalue weighted by molar-refractivity contribution is 5.87. The molecule has 0 aliphatic rings. The molecule has 1 heterocycles. The summed E-state index contributed by atoms with van der Waals surface area (Å²) in [5, 5.41) is 18.0. The van der Waals surface area contributed by atoms with Crippen LogP contribution in [0.1, 0.15) is 27.2 Å². The van der Waals surface area contributed by atoms with Gasteiger partial charge in [-0.15, -0.1) is 0 Å². The molecular weight excluding hydrogens is 275 g/mol. The molecule has 1 N–H and O–H groups in total. The van der Waals surface area contributed by atoms with Crippen LogP contribution in [0.5, 0.6) is 0 Å². The number of aromatic carboxylic acids is 1. The first-order valence-corrected chi connectivity index (χ1v) is 6.05. The van der Waals surface area contributed by atoms with E-state index in [-0.39, 0.29) is 12.1 Å². The molecule has 2 aromatic rings. The van der Waals surface area contributed by atoms with Crippen molar-refractivity contribution in [2.75, 3.05) is 0 Å². The molecule has 0 bridgehead atoms. The van der Waals surface area contributed by atoms with Crippen LogP contribution in [-0.2, 0) is 6.54 Å². The molecule has 0 unspecified atom stereocenters. The van der Waals surface area contributed by atoms with Crippen LogP contribution in [0.25, 0.3) is 0 Å². The molecule has 106 valence electrons. The largest absolute Gasteiger partial charge is 0.477 e. The number of aromatic nitrogens is 1. The second-order valence-electron chi connectivity index (χ2n) is 4.54. The lowest BCUT2D eigenvalue weighted by atomic mass is 10.1. The van der Waals surface area contributed by atoms with Crippen LogP contribution in [0.4, 0.5) is 4.39 Å². The maximum absolute atomic E-state index is 13.3. The molecule has 0 saturated heterocycles. The van der Waals surface area contributed by atoms with Crippen LogP contribution in [0, 0.1) is 24.1 Å². The zero-order valence-electron chi connectivity index (χ0n) is 11.1. The number of carboxylic acid groups (broad SMARTS) is 1. The van der Waals surface area contributed by atoms with E-state index in [4.69, 9.17) is 10.4 Å². The molecule has 0 fully saturated rings. The summed E-state index contributed by atoms with van der Waals surface area (Å²) in [4.78, 5) is 22.5. The SMILES string of the molecule is Cc1cc(=O)c(C(=O)O)cn1Cc1cc(F)ccc1C#N. The maximum atomic E-state index is 13.3. The summed E-state index contributed by atoms with van der Waals surface area (Å²) in [6, 6.07) is 6.92. The number of aryl methyl sites for hydroxylation is 1. The van der Waals surface area contributed by atoms with Crippen molar-refractivity contribution >= 4 is 5.97 Å². The number of carbonyl (C=O) groups is 1. The van der Waals surface area contributed by atoms with E-state index in [1.165, 1.54) is 35.0 Å². The number of carboxylic acids is 1. The second-order valence-corrected chi connectivity index (χ2v) is 4.54. The van der Waals surface area contributed by atoms with Gasteiger partial charge < -0.3 is 9.67 Å². The zero-order valence-corrected chi connectivity index (χ0v) is 11.1. The van der Waals surface area contributed by atoms with Crippen molar-refractivity contribution in [3.8, 4) is 6.07 Å². The van der Waals surface area contributed by atoms with Crippen LogP contribution >= 0.6 is 0 Å². The Hall–Kier alpha value is -2.94. The number of pyridine rings is 1. The van der Waals surface area contributed by atoms with E-state index in [2.05, 4.69) is 0 Å². The Balaban J connectivity index is 2.52. The lowest BCUT2D eigenvalue weighted by Gasteiger charge is -2.12. The van der Waals surface area contributed by atoms with Gasteiger partial charge in [0.2, 0.25) is 0 Å². The fourth-order valence-electron chi connectivity index (χ4n) is 1.99. The second kappa shape index (κ2) is 5.59. The summed E-state index contributed by atoms with van der Waals surface area (Å²) in [7, 11) is 0. The molecule has 0 aliphatic carbocycles. The van der Waals surface area contributed by atoms with Crippen molar-refractivity contribution in [2.45, 2.75) is 13.5 Å². The minimum Gasteiger partial charge on any atom is -0.477 e. The standard InChI is InChI=1S/C15H11FN2O3/c1-9-4-14(19)13(15(20)21)8-18(9)7-11-5-12(16)3-2-10(11)6-17/h2-5,8H,7H2,1H3,(H,20,21). The lowest BCUT2D eigenvalue weighted by molar-refractivity contribution is 0.0694. The zero-order chi connectivity index (χ0) is 15.6. The fraction of sp³-hybridized carbons (Fsp3) is 0.133.